The van der Waals surface area contributed by atoms with Gasteiger partial charge in [-0.2, -0.15) is 0 Å². The van der Waals surface area contributed by atoms with E-state index in [9.17, 15) is 4.79 Å². The number of aromatic nitrogens is 1. The smallest absolute Gasteiger partial charge is 0.244 e. The van der Waals surface area contributed by atoms with Gasteiger partial charge in [-0.25, -0.2) is 0 Å². The van der Waals surface area contributed by atoms with Crippen LogP contribution in [0.1, 0.15) is 24.0 Å². The second kappa shape index (κ2) is 6.14. The van der Waals surface area contributed by atoms with Gasteiger partial charge in [0.05, 0.1) is 0 Å². The van der Waals surface area contributed by atoms with Gasteiger partial charge < -0.3 is 15.2 Å². The summed E-state index contributed by atoms with van der Waals surface area (Å²) < 4.78 is 1.92. The minimum atomic E-state index is -0.00356. The Labute approximate surface area is 125 Å². The molecule has 0 aliphatic heterocycles. The topological polar surface area (TPSA) is 46.1 Å². The first-order valence-electron chi connectivity index (χ1n) is 7.43. The predicted octanol–water partition coefficient (Wildman–Crippen LogP) is 2.69. The summed E-state index contributed by atoms with van der Waals surface area (Å²) in [5.74, 6) is -0.00356. The quantitative estimate of drug-likeness (QED) is 0.856. The van der Waals surface area contributed by atoms with Gasteiger partial charge >= 0.3 is 0 Å². The fourth-order valence-corrected chi connectivity index (χ4v) is 2.25. The van der Waals surface area contributed by atoms with Crippen LogP contribution in [-0.2, 0) is 17.9 Å². The highest BCUT2D eigenvalue weighted by molar-refractivity contribution is 5.90. The Morgan fingerprint density at radius 3 is 2.71 bits per heavy atom. The van der Waals surface area contributed by atoms with Crippen molar-refractivity contribution in [1.82, 2.24) is 9.88 Å². The monoisotopic (exact) mass is 283 g/mol. The van der Waals surface area contributed by atoms with Crippen molar-refractivity contribution in [3.63, 3.8) is 0 Å². The van der Waals surface area contributed by atoms with E-state index >= 15 is 0 Å². The number of hydrogen-bond donors (Lipinski definition) is 2. The summed E-state index contributed by atoms with van der Waals surface area (Å²) in [6, 6.07) is 10.6. The molecule has 1 aromatic carbocycles. The normalized spacial score (nSPS) is 14.1. The van der Waals surface area contributed by atoms with E-state index in [1.807, 2.05) is 48.1 Å². The third kappa shape index (κ3) is 4.20. The van der Waals surface area contributed by atoms with Crippen LogP contribution >= 0.6 is 0 Å². The molecule has 2 N–H and O–H groups in total. The van der Waals surface area contributed by atoms with E-state index in [-0.39, 0.29) is 5.91 Å². The molecule has 0 unspecified atom stereocenters. The number of amides is 1. The van der Waals surface area contributed by atoms with Gasteiger partial charge in [-0.05, 0) is 43.5 Å². The van der Waals surface area contributed by atoms with Crippen LogP contribution in [0.25, 0.3) is 0 Å². The van der Waals surface area contributed by atoms with Crippen molar-refractivity contribution in [3.05, 3.63) is 53.9 Å². The first kappa shape index (κ1) is 13.9. The summed E-state index contributed by atoms with van der Waals surface area (Å²) in [7, 11) is 0. The lowest BCUT2D eigenvalue weighted by Crippen LogP contribution is -2.18. The molecule has 0 saturated heterocycles. The Balaban J connectivity index is 1.50. The van der Waals surface area contributed by atoms with Gasteiger partial charge in [0, 0.05) is 30.7 Å². The number of aryl methyl sites for hydroxylation is 1. The van der Waals surface area contributed by atoms with Crippen LogP contribution in [0.2, 0.25) is 0 Å². The van der Waals surface area contributed by atoms with Gasteiger partial charge in [0.25, 0.3) is 0 Å². The lowest BCUT2D eigenvalue weighted by molar-refractivity contribution is -0.116. The van der Waals surface area contributed by atoms with Crippen molar-refractivity contribution in [2.75, 3.05) is 5.32 Å². The molecule has 4 heteroatoms. The first-order valence-corrected chi connectivity index (χ1v) is 7.43. The Morgan fingerprint density at radius 1 is 1.24 bits per heavy atom. The molecule has 110 valence electrons. The molecule has 1 amide bonds. The molecule has 2 aromatic rings. The molecule has 4 nitrogen and oxygen atoms in total. The van der Waals surface area contributed by atoms with Crippen LogP contribution in [0.5, 0.6) is 0 Å². The molecule has 0 bridgehead atoms. The number of nitrogens with zero attached hydrogens (tertiary/aromatic N) is 1. The summed E-state index contributed by atoms with van der Waals surface area (Å²) in [6.07, 6.45) is 6.57. The SMILES string of the molecule is Cc1ccc(NC(=O)Cn2ccc(CNC3CC3)c2)cc1. The predicted molar refractivity (Wildman–Crippen MR) is 84.1 cm³/mol. The number of benzene rings is 1. The summed E-state index contributed by atoms with van der Waals surface area (Å²) in [6.45, 7) is 3.26. The average Bonchev–Trinajstić information content (AvgIpc) is 3.19. The maximum Gasteiger partial charge on any atom is 0.244 e. The van der Waals surface area contributed by atoms with Gasteiger partial charge in [-0.15, -0.1) is 0 Å². The zero-order valence-corrected chi connectivity index (χ0v) is 12.3. The lowest BCUT2D eigenvalue weighted by atomic mass is 10.2. The van der Waals surface area contributed by atoms with Crippen molar-refractivity contribution < 1.29 is 4.79 Å². The number of carbonyl (C=O) groups is 1. The van der Waals surface area contributed by atoms with E-state index in [0.29, 0.717) is 12.6 Å². The van der Waals surface area contributed by atoms with Crippen molar-refractivity contribution in [3.8, 4) is 0 Å². The first-order chi connectivity index (χ1) is 10.2. The molecule has 1 heterocycles. The molecular formula is C17H21N3O. The molecule has 0 radical (unpaired) electrons. The van der Waals surface area contributed by atoms with Crippen molar-refractivity contribution >= 4 is 11.6 Å². The molecule has 1 aliphatic rings. The Kier molecular flexibility index (Phi) is 4.06. The summed E-state index contributed by atoms with van der Waals surface area (Å²) in [4.78, 5) is 12.0. The molecule has 1 fully saturated rings. The van der Waals surface area contributed by atoms with Gasteiger partial charge in [-0.3, -0.25) is 4.79 Å². The second-order valence-electron chi connectivity index (χ2n) is 5.76. The molecule has 3 rings (SSSR count). The number of anilines is 1. The van der Waals surface area contributed by atoms with Crippen molar-refractivity contribution in [2.45, 2.75) is 38.9 Å². The molecular weight excluding hydrogens is 262 g/mol. The zero-order chi connectivity index (χ0) is 14.7. The Morgan fingerprint density at radius 2 is 2.00 bits per heavy atom. The summed E-state index contributed by atoms with van der Waals surface area (Å²) in [5, 5.41) is 6.38. The van der Waals surface area contributed by atoms with Crippen LogP contribution in [0, 0.1) is 6.92 Å². The fraction of sp³-hybridized carbons (Fsp3) is 0.353. The van der Waals surface area contributed by atoms with Crippen LogP contribution in [0.15, 0.2) is 42.7 Å². The van der Waals surface area contributed by atoms with Gasteiger partial charge in [0.1, 0.15) is 6.54 Å². The molecule has 0 spiro atoms. The maximum absolute atomic E-state index is 12.0. The molecule has 1 saturated carbocycles. The van der Waals surface area contributed by atoms with E-state index in [1.54, 1.807) is 0 Å². The third-order valence-corrected chi connectivity index (χ3v) is 3.65. The minimum absolute atomic E-state index is 0.00356. The molecule has 0 atom stereocenters. The van der Waals surface area contributed by atoms with Crippen LogP contribution in [0.3, 0.4) is 0 Å². The average molecular weight is 283 g/mol. The molecule has 21 heavy (non-hydrogen) atoms. The standard InChI is InChI=1S/C17H21N3O/c1-13-2-4-16(5-3-13)19-17(21)12-20-9-8-14(11-20)10-18-15-6-7-15/h2-5,8-9,11,15,18H,6-7,10,12H2,1H3,(H,19,21). The highest BCUT2D eigenvalue weighted by Gasteiger charge is 2.20. The van der Waals surface area contributed by atoms with E-state index < -0.39 is 0 Å². The van der Waals surface area contributed by atoms with E-state index in [2.05, 4.69) is 16.7 Å². The number of nitrogens with one attached hydrogen (secondary N) is 2. The van der Waals surface area contributed by atoms with E-state index in [4.69, 9.17) is 0 Å². The van der Waals surface area contributed by atoms with Crippen molar-refractivity contribution in [1.29, 1.82) is 0 Å². The number of rotatable bonds is 6. The number of hydrogen-bond acceptors (Lipinski definition) is 2. The molecule has 1 aliphatic carbocycles. The Hall–Kier alpha value is -2.07. The minimum Gasteiger partial charge on any atom is -0.345 e. The lowest BCUT2D eigenvalue weighted by Gasteiger charge is -2.06. The van der Waals surface area contributed by atoms with Crippen molar-refractivity contribution in [2.24, 2.45) is 0 Å². The highest BCUT2D eigenvalue weighted by atomic mass is 16.1. The fourth-order valence-electron chi connectivity index (χ4n) is 2.25. The second-order valence-corrected chi connectivity index (χ2v) is 5.76. The highest BCUT2D eigenvalue weighted by Crippen LogP contribution is 2.19. The van der Waals surface area contributed by atoms with E-state index in [1.165, 1.54) is 24.0 Å². The zero-order valence-electron chi connectivity index (χ0n) is 12.3. The largest absolute Gasteiger partial charge is 0.345 e. The van der Waals surface area contributed by atoms with Gasteiger partial charge in [0.15, 0.2) is 0 Å². The van der Waals surface area contributed by atoms with Crippen LogP contribution in [0.4, 0.5) is 5.69 Å². The summed E-state index contributed by atoms with van der Waals surface area (Å²) in [5.41, 5.74) is 3.25. The molecule has 1 aromatic heterocycles. The van der Waals surface area contributed by atoms with Crippen LogP contribution < -0.4 is 10.6 Å². The van der Waals surface area contributed by atoms with Gasteiger partial charge in [-0.1, -0.05) is 17.7 Å². The maximum atomic E-state index is 12.0. The third-order valence-electron chi connectivity index (χ3n) is 3.65. The van der Waals surface area contributed by atoms with Gasteiger partial charge in [0.2, 0.25) is 5.91 Å². The van der Waals surface area contributed by atoms with Crippen LogP contribution in [-0.4, -0.2) is 16.5 Å². The number of carbonyl (C=O) groups excluding carboxylic acids is 1. The summed E-state index contributed by atoms with van der Waals surface area (Å²) >= 11 is 0. The van der Waals surface area contributed by atoms with E-state index in [0.717, 1.165) is 12.2 Å². The Bertz CT molecular complexity index is 611.